The summed E-state index contributed by atoms with van der Waals surface area (Å²) in [6, 6.07) is 0. The fraction of sp³-hybridized carbons (Fsp3) is 0.705. The van der Waals surface area contributed by atoms with Crippen LogP contribution in [0.5, 0.6) is 0 Å². The van der Waals surface area contributed by atoms with Crippen LogP contribution in [-0.4, -0.2) is 23.9 Å². The molecule has 276 valence electrons. The maximum atomic E-state index is 12.9. The van der Waals surface area contributed by atoms with Gasteiger partial charge in [0.1, 0.15) is 0 Å². The molecular weight excluding hydrogens is 606 g/mol. The first-order chi connectivity index (χ1) is 24.1. The van der Waals surface area contributed by atoms with E-state index in [9.17, 15) is 9.59 Å². The minimum absolute atomic E-state index is 0.314. The van der Waals surface area contributed by atoms with E-state index in [4.69, 9.17) is 9.47 Å². The fourth-order valence-electron chi connectivity index (χ4n) is 6.35. The van der Waals surface area contributed by atoms with Gasteiger partial charge in [0.25, 0.3) is 5.79 Å². The van der Waals surface area contributed by atoms with Crippen molar-refractivity contribution in [2.45, 2.75) is 199 Å². The van der Waals surface area contributed by atoms with Crippen LogP contribution in [0, 0.1) is 0 Å². The Bertz CT molecular complexity index is 1010. The molecule has 0 unspecified atom stereocenters. The number of unbranched alkanes of at least 4 members (excludes halogenated alkanes) is 22. The average molecular weight is 678 g/mol. The summed E-state index contributed by atoms with van der Waals surface area (Å²) < 4.78 is 11.7. The van der Waals surface area contributed by atoms with E-state index < -0.39 is 5.79 Å². The summed E-state index contributed by atoms with van der Waals surface area (Å²) in [5.41, 5.74) is 1.60. The molecule has 0 aromatic carbocycles. The van der Waals surface area contributed by atoms with Gasteiger partial charge in [-0.25, -0.2) is 0 Å². The zero-order valence-electron chi connectivity index (χ0n) is 31.6. The van der Waals surface area contributed by atoms with Crippen molar-refractivity contribution in [3.05, 3.63) is 59.9 Å². The van der Waals surface area contributed by atoms with Gasteiger partial charge in [0.05, 0.1) is 5.70 Å². The monoisotopic (exact) mass is 678 g/mol. The highest BCUT2D eigenvalue weighted by molar-refractivity contribution is 5.82. The predicted molar refractivity (Wildman–Crippen MR) is 208 cm³/mol. The number of rotatable bonds is 32. The third-order valence-electron chi connectivity index (χ3n) is 9.43. The summed E-state index contributed by atoms with van der Waals surface area (Å²) in [6.07, 6.45) is 50.2. The Morgan fingerprint density at radius 3 is 1.39 bits per heavy atom. The first-order valence-corrected chi connectivity index (χ1v) is 20.5. The van der Waals surface area contributed by atoms with Crippen molar-refractivity contribution in [2.75, 3.05) is 0 Å². The first kappa shape index (κ1) is 42.5. The molecule has 0 aromatic heterocycles. The van der Waals surface area contributed by atoms with Crippen LogP contribution in [0.1, 0.15) is 194 Å². The first-order valence-electron chi connectivity index (χ1n) is 20.5. The van der Waals surface area contributed by atoms with E-state index in [0.717, 1.165) is 56.9 Å². The zero-order chi connectivity index (χ0) is 35.1. The number of fused-ring (bicyclic) bond motifs is 1. The van der Waals surface area contributed by atoms with Crippen molar-refractivity contribution in [2.24, 2.45) is 4.99 Å². The van der Waals surface area contributed by atoms with Gasteiger partial charge in [-0.1, -0.05) is 141 Å². The maximum Gasteiger partial charge on any atom is 0.309 e. The standard InChI is InChI=1S/C44H71NO4/c1-3-5-7-9-11-13-15-17-19-21-23-25-27-29-31-33-42(46)48-44(37-35-40-36-38-45-41(40)39-44)49-43(47)34-32-30-28-26-24-22-20-18-16-14-12-10-8-6-4-2/h17-20,35-39H,3-16,21-34H2,1-2H3/b19-17-,20-18-. The van der Waals surface area contributed by atoms with Crippen molar-refractivity contribution in [3.63, 3.8) is 0 Å². The van der Waals surface area contributed by atoms with Gasteiger partial charge in [-0.2, -0.15) is 0 Å². The van der Waals surface area contributed by atoms with Crippen LogP contribution in [0.15, 0.2) is 64.9 Å². The summed E-state index contributed by atoms with van der Waals surface area (Å²) in [4.78, 5) is 30.1. The largest absolute Gasteiger partial charge is 0.415 e. The van der Waals surface area contributed by atoms with Crippen LogP contribution in [0.3, 0.4) is 0 Å². The van der Waals surface area contributed by atoms with E-state index in [1.54, 1.807) is 18.4 Å². The number of esters is 2. The number of allylic oxidation sites excluding steroid dienone is 6. The number of aliphatic imine (C=N–C) groups is 1. The Kier molecular flexibility index (Phi) is 25.2. The van der Waals surface area contributed by atoms with Crippen LogP contribution in [0.25, 0.3) is 0 Å². The molecule has 0 spiro atoms. The summed E-state index contributed by atoms with van der Waals surface area (Å²) >= 11 is 0. The molecule has 5 heteroatoms. The Morgan fingerprint density at radius 1 is 0.571 bits per heavy atom. The van der Waals surface area contributed by atoms with Gasteiger partial charge in [0, 0.05) is 36.8 Å². The number of nitrogens with zero attached hydrogens (tertiary/aromatic N) is 1. The van der Waals surface area contributed by atoms with Gasteiger partial charge in [0.15, 0.2) is 0 Å². The molecule has 1 aliphatic heterocycles. The minimum Gasteiger partial charge on any atom is -0.415 e. The molecular formula is C44H71NO4. The van der Waals surface area contributed by atoms with Gasteiger partial charge in [-0.3, -0.25) is 14.6 Å². The number of carbonyl (C=O) groups excluding carboxylic acids is 2. The number of carbonyl (C=O) groups is 2. The summed E-state index contributed by atoms with van der Waals surface area (Å²) in [5, 5.41) is 0. The highest BCUT2D eigenvalue weighted by atomic mass is 16.7. The number of hydrogen-bond donors (Lipinski definition) is 0. The molecule has 0 fully saturated rings. The molecule has 1 heterocycles. The molecule has 0 bridgehead atoms. The second-order valence-electron chi connectivity index (χ2n) is 14.1. The van der Waals surface area contributed by atoms with Crippen LogP contribution in [-0.2, 0) is 19.1 Å². The summed E-state index contributed by atoms with van der Waals surface area (Å²) in [5.74, 6) is -2.21. The molecule has 0 aromatic rings. The molecule has 49 heavy (non-hydrogen) atoms. The molecule has 0 amide bonds. The van der Waals surface area contributed by atoms with Crippen molar-refractivity contribution < 1.29 is 19.1 Å². The van der Waals surface area contributed by atoms with Crippen molar-refractivity contribution >= 4 is 18.2 Å². The normalized spacial score (nSPS) is 14.8. The quantitative estimate of drug-likeness (QED) is 0.0308. The van der Waals surface area contributed by atoms with Crippen LogP contribution < -0.4 is 0 Å². The molecule has 5 nitrogen and oxygen atoms in total. The predicted octanol–water partition coefficient (Wildman–Crippen LogP) is 13.3. The molecule has 2 aliphatic rings. The smallest absolute Gasteiger partial charge is 0.309 e. The highest BCUT2D eigenvalue weighted by Gasteiger charge is 2.37. The lowest BCUT2D eigenvalue weighted by molar-refractivity contribution is -0.198. The molecule has 0 N–H and O–H groups in total. The van der Waals surface area contributed by atoms with Gasteiger partial charge in [-0.15, -0.1) is 0 Å². The molecule has 0 radical (unpaired) electrons. The van der Waals surface area contributed by atoms with Crippen molar-refractivity contribution in [1.82, 2.24) is 0 Å². The second kappa shape index (κ2) is 29.1. The maximum absolute atomic E-state index is 12.9. The lowest BCUT2D eigenvalue weighted by atomic mass is 10.0. The minimum atomic E-state index is -1.52. The van der Waals surface area contributed by atoms with E-state index in [-0.39, 0.29) is 11.9 Å². The lowest BCUT2D eigenvalue weighted by Gasteiger charge is -2.29. The molecule has 0 atom stereocenters. The third kappa shape index (κ3) is 21.9. The lowest BCUT2D eigenvalue weighted by Crippen LogP contribution is -2.38. The molecule has 0 saturated heterocycles. The van der Waals surface area contributed by atoms with Crippen LogP contribution in [0.2, 0.25) is 0 Å². The van der Waals surface area contributed by atoms with Gasteiger partial charge in [0.2, 0.25) is 0 Å². The van der Waals surface area contributed by atoms with E-state index in [0.29, 0.717) is 18.5 Å². The average Bonchev–Trinajstić information content (AvgIpc) is 3.55. The SMILES string of the molecule is CCCCCCCC/C=C\CCCCCCCC(=O)OC1(OC(=O)CCCCCCC/C=C\CCCCCCCC)C=CC2=CC=NC2=C1. The Morgan fingerprint density at radius 2 is 0.959 bits per heavy atom. The fourth-order valence-corrected chi connectivity index (χ4v) is 6.35. The van der Waals surface area contributed by atoms with E-state index in [2.05, 4.69) is 43.1 Å². The number of ether oxygens (including phenoxy) is 2. The highest BCUT2D eigenvalue weighted by Crippen LogP contribution is 2.32. The molecule has 1 aliphatic carbocycles. The summed E-state index contributed by atoms with van der Waals surface area (Å²) in [7, 11) is 0. The van der Waals surface area contributed by atoms with E-state index >= 15 is 0 Å². The van der Waals surface area contributed by atoms with Crippen molar-refractivity contribution in [1.29, 1.82) is 0 Å². The molecule has 2 rings (SSSR count). The van der Waals surface area contributed by atoms with Crippen molar-refractivity contribution in [3.8, 4) is 0 Å². The van der Waals surface area contributed by atoms with Gasteiger partial charge >= 0.3 is 11.9 Å². The zero-order valence-corrected chi connectivity index (χ0v) is 31.6. The van der Waals surface area contributed by atoms with Gasteiger partial charge in [-0.05, 0) is 76.4 Å². The van der Waals surface area contributed by atoms with Gasteiger partial charge < -0.3 is 9.47 Å². The number of hydrogen-bond acceptors (Lipinski definition) is 5. The Labute approximate surface area is 300 Å². The van der Waals surface area contributed by atoms with Crippen LogP contribution in [0.4, 0.5) is 0 Å². The Balaban J connectivity index is 1.57. The third-order valence-corrected chi connectivity index (χ3v) is 9.43. The van der Waals surface area contributed by atoms with E-state index in [1.807, 2.05) is 12.2 Å². The van der Waals surface area contributed by atoms with Crippen LogP contribution >= 0.6 is 0 Å². The Hall–Kier alpha value is -2.69. The summed E-state index contributed by atoms with van der Waals surface area (Å²) in [6.45, 7) is 4.53. The topological polar surface area (TPSA) is 65.0 Å². The van der Waals surface area contributed by atoms with E-state index in [1.165, 1.54) is 116 Å². The molecule has 0 saturated carbocycles. The second-order valence-corrected chi connectivity index (χ2v) is 14.1.